The van der Waals surface area contributed by atoms with E-state index in [9.17, 15) is 0 Å². The molecule has 0 aliphatic rings. The molecule has 2 nitrogen and oxygen atoms in total. The zero-order valence-electron chi connectivity index (χ0n) is 1.30. The van der Waals surface area contributed by atoms with Gasteiger partial charge in [-0.2, -0.15) is 0 Å². The summed E-state index contributed by atoms with van der Waals surface area (Å²) in [6, 6.07) is 0. The van der Waals surface area contributed by atoms with Gasteiger partial charge in [0.1, 0.15) is 0 Å². The second-order valence-corrected chi connectivity index (χ2v) is 0. The molecular weight excluding hydrogens is 90.1 g/mol. The van der Waals surface area contributed by atoms with Gasteiger partial charge in [-0.1, -0.05) is 0 Å². The summed E-state index contributed by atoms with van der Waals surface area (Å²) in [5.41, 5.74) is 0. The molecule has 0 bridgehead atoms. The Kier molecular flexibility index (Phi) is 110. The summed E-state index contributed by atoms with van der Waals surface area (Å²) in [7, 11) is 0. The van der Waals surface area contributed by atoms with Gasteiger partial charge in [-0.15, -0.1) is 0 Å². The van der Waals surface area contributed by atoms with E-state index >= 15 is 0 Å². The number of hydrogen-bond donors (Lipinski definition) is 2. The van der Waals surface area contributed by atoms with Crippen LogP contribution in [-0.2, 0) is 0 Å². The summed E-state index contributed by atoms with van der Waals surface area (Å²) < 4.78 is 0. The quantitative estimate of drug-likeness (QED) is 0.242. The molecular formula is H4FKO2. The van der Waals surface area contributed by atoms with Crippen LogP contribution in [0.25, 0.3) is 0 Å². The molecule has 0 aromatic heterocycles. The predicted molar refractivity (Wildman–Crippen MR) is 14.9 cm³/mol. The van der Waals surface area contributed by atoms with Gasteiger partial charge < -0.3 is 0 Å². The van der Waals surface area contributed by atoms with Gasteiger partial charge in [0.25, 0.3) is 0 Å². The van der Waals surface area contributed by atoms with Crippen molar-refractivity contribution in [1.29, 1.82) is 0 Å². The molecule has 0 rings (SSSR count). The number of hydrogen-bond acceptors (Lipinski definition) is 2. The normalized spacial score (nSPS) is 1.50. The van der Waals surface area contributed by atoms with E-state index in [1.54, 1.807) is 0 Å². The summed E-state index contributed by atoms with van der Waals surface area (Å²) >= 11 is 0. The minimum absolute atomic E-state index is 0. The van der Waals surface area contributed by atoms with Crippen LogP contribution in [0.2, 0.25) is 0 Å². The molecule has 0 saturated heterocycles. The molecule has 0 aromatic rings. The van der Waals surface area contributed by atoms with Crippen LogP contribution in [0, 0.1) is 0 Å². The molecule has 0 fully saturated rings. The molecule has 24 valence electrons. The van der Waals surface area contributed by atoms with E-state index in [-0.39, 0.29) is 56.1 Å². The van der Waals surface area contributed by atoms with Crippen LogP contribution in [0.4, 0.5) is 4.70 Å². The van der Waals surface area contributed by atoms with Crippen molar-refractivity contribution in [1.82, 2.24) is 0 Å². The summed E-state index contributed by atoms with van der Waals surface area (Å²) in [5, 5.41) is 12.0. The van der Waals surface area contributed by atoms with E-state index in [0.717, 1.165) is 0 Å². The molecule has 0 amide bonds. The van der Waals surface area contributed by atoms with Crippen LogP contribution in [0.15, 0.2) is 0 Å². The maximum atomic E-state index is 6.00. The van der Waals surface area contributed by atoms with Crippen LogP contribution in [-0.4, -0.2) is 61.9 Å². The monoisotopic (exact) mass is 94.0 g/mol. The Morgan fingerprint density at radius 2 is 1.00 bits per heavy atom. The van der Waals surface area contributed by atoms with Crippen molar-refractivity contribution in [3.05, 3.63) is 0 Å². The molecule has 0 aromatic carbocycles. The third-order valence-electron chi connectivity index (χ3n) is 0. The van der Waals surface area contributed by atoms with E-state index in [4.69, 9.17) is 10.5 Å². The Morgan fingerprint density at radius 3 is 1.00 bits per heavy atom. The molecule has 0 aliphatic carbocycles. The van der Waals surface area contributed by atoms with Crippen LogP contribution in [0.1, 0.15) is 0 Å². The Bertz CT molecular complexity index is 6.00. The Labute approximate surface area is 65.5 Å². The van der Waals surface area contributed by atoms with Crippen molar-refractivity contribution in [2.24, 2.45) is 0 Å². The zero-order chi connectivity index (χ0) is 2.00. The van der Waals surface area contributed by atoms with Crippen molar-refractivity contribution in [3.8, 4) is 0 Å². The van der Waals surface area contributed by atoms with Gasteiger partial charge in [-0.3, -0.25) is 15.2 Å². The molecule has 0 atom stereocenters. The summed E-state index contributed by atoms with van der Waals surface area (Å²) in [6.07, 6.45) is 0. The molecule has 4 heteroatoms. The Balaban J connectivity index is -0.00000000500. The van der Waals surface area contributed by atoms with Crippen molar-refractivity contribution in [2.75, 3.05) is 0 Å². The molecule has 0 radical (unpaired) electrons. The van der Waals surface area contributed by atoms with Crippen molar-refractivity contribution < 1.29 is 15.2 Å². The zero-order valence-corrected chi connectivity index (χ0v) is 1.30. The van der Waals surface area contributed by atoms with Gasteiger partial charge >= 0.3 is 51.4 Å². The van der Waals surface area contributed by atoms with E-state index in [0.29, 0.717) is 0 Å². The van der Waals surface area contributed by atoms with Crippen LogP contribution in [0.5, 0.6) is 0 Å². The molecule has 0 heterocycles. The number of rotatable bonds is 0. The van der Waals surface area contributed by atoms with Gasteiger partial charge in [-0.05, 0) is 0 Å². The molecule has 0 spiro atoms. The second kappa shape index (κ2) is 24.7. The third kappa shape index (κ3) is 9.76. The van der Waals surface area contributed by atoms with Crippen LogP contribution >= 0.6 is 0 Å². The van der Waals surface area contributed by atoms with Crippen LogP contribution in [0.3, 0.4) is 0 Å². The average molecular weight is 94.1 g/mol. The topological polar surface area (TPSA) is 40.5 Å². The Hall–Kier alpha value is 1.49. The van der Waals surface area contributed by atoms with Crippen molar-refractivity contribution >= 4 is 51.4 Å². The van der Waals surface area contributed by atoms with Gasteiger partial charge in [-0.25, -0.2) is 0 Å². The van der Waals surface area contributed by atoms with Crippen molar-refractivity contribution in [3.63, 3.8) is 0 Å². The number of halogens is 1. The van der Waals surface area contributed by atoms with Gasteiger partial charge in [0.15, 0.2) is 0 Å². The first-order valence-electron chi connectivity index (χ1n) is 0.200. The average Bonchev–Trinajstić information content (AvgIpc) is 1.00. The third-order valence-corrected chi connectivity index (χ3v) is 0. The minimum atomic E-state index is 0. The van der Waals surface area contributed by atoms with Crippen molar-refractivity contribution in [2.45, 2.75) is 0 Å². The second-order valence-electron chi connectivity index (χ2n) is 0. The summed E-state index contributed by atoms with van der Waals surface area (Å²) in [6.45, 7) is 0. The maximum absolute atomic E-state index is 6.00. The first kappa shape index (κ1) is 17.9. The van der Waals surface area contributed by atoms with Gasteiger partial charge in [0.05, 0.1) is 0 Å². The first-order chi connectivity index (χ1) is 1.00. The molecule has 4 heavy (non-hydrogen) atoms. The molecule has 0 saturated carbocycles. The van der Waals surface area contributed by atoms with Gasteiger partial charge in [0.2, 0.25) is 0 Å². The van der Waals surface area contributed by atoms with E-state index < -0.39 is 0 Å². The summed E-state index contributed by atoms with van der Waals surface area (Å²) in [4.78, 5) is 0. The molecule has 2 N–H and O–H groups in total. The first-order valence-corrected chi connectivity index (χ1v) is 0.200. The SMILES string of the molecule is F.OO.[KH]. The van der Waals surface area contributed by atoms with Crippen LogP contribution < -0.4 is 0 Å². The van der Waals surface area contributed by atoms with Gasteiger partial charge in [0, 0.05) is 0 Å². The Morgan fingerprint density at radius 1 is 1.00 bits per heavy atom. The molecule has 0 aliphatic heterocycles. The fraction of sp³-hybridized carbons (Fsp3) is 0. The predicted octanol–water partition coefficient (Wildman–Crippen LogP) is -0.479. The van der Waals surface area contributed by atoms with E-state index in [2.05, 4.69) is 0 Å². The summed E-state index contributed by atoms with van der Waals surface area (Å²) in [5.74, 6) is 0. The molecule has 0 unspecified atom stereocenters. The fourth-order valence-electron chi connectivity index (χ4n) is 0. The fourth-order valence-corrected chi connectivity index (χ4v) is 0. The van der Waals surface area contributed by atoms with E-state index in [1.165, 1.54) is 0 Å². The van der Waals surface area contributed by atoms with E-state index in [1.807, 2.05) is 0 Å². The standard InChI is InChI=1S/FH.K.H2O2.H/c;;1-2;/h1H;;1-2H;.